The van der Waals surface area contributed by atoms with Crippen LogP contribution in [0.15, 0.2) is 30.3 Å². The Morgan fingerprint density at radius 2 is 1.75 bits per heavy atom. The summed E-state index contributed by atoms with van der Waals surface area (Å²) < 4.78 is 15.3. The van der Waals surface area contributed by atoms with Crippen molar-refractivity contribution in [2.75, 3.05) is 14.2 Å². The molecule has 0 spiro atoms. The van der Waals surface area contributed by atoms with Crippen LogP contribution in [0, 0.1) is 0 Å². The first-order valence-corrected chi connectivity index (χ1v) is 7.25. The lowest BCUT2D eigenvalue weighted by Gasteiger charge is -2.20. The Bertz CT molecular complexity index is 335. The van der Waals surface area contributed by atoms with E-state index in [1.54, 1.807) is 6.55 Å². The summed E-state index contributed by atoms with van der Waals surface area (Å²) in [6.45, 7) is 1.90. The van der Waals surface area contributed by atoms with E-state index in [2.05, 4.69) is 0 Å². The molecule has 0 bridgehead atoms. The second-order valence-corrected chi connectivity index (χ2v) is 6.53. The predicted octanol–water partition coefficient (Wildman–Crippen LogP) is 2.27. The van der Waals surface area contributed by atoms with Gasteiger partial charge in [-0.05, 0) is 12.1 Å². The molecule has 1 rings (SSSR count). The van der Waals surface area contributed by atoms with Gasteiger partial charge in [0.15, 0.2) is 0 Å². The Morgan fingerprint density at radius 3 is 2.25 bits per heavy atom. The van der Waals surface area contributed by atoms with Gasteiger partial charge < -0.3 is 13.6 Å². The van der Waals surface area contributed by atoms with Crippen LogP contribution in [0.25, 0.3) is 0 Å². The molecule has 0 radical (unpaired) electrons. The number of hydrogen-bond donors (Lipinski definition) is 0. The summed E-state index contributed by atoms with van der Waals surface area (Å²) in [5, 5.41) is 0. The van der Waals surface area contributed by atoms with Crippen molar-refractivity contribution >= 4 is 14.2 Å². The van der Waals surface area contributed by atoms with E-state index >= 15 is 0 Å². The molecule has 0 atom stereocenters. The van der Waals surface area contributed by atoms with E-state index in [0.717, 1.165) is 5.56 Å². The van der Waals surface area contributed by atoms with Crippen LogP contribution in [0.3, 0.4) is 0 Å². The molecule has 16 heavy (non-hydrogen) atoms. The van der Waals surface area contributed by atoms with Crippen LogP contribution in [-0.2, 0) is 20.2 Å². The molecular formula is C11H16O4Si. The minimum atomic E-state index is -2.82. The van der Waals surface area contributed by atoms with Crippen molar-refractivity contribution in [3.63, 3.8) is 0 Å². The van der Waals surface area contributed by atoms with Gasteiger partial charge in [0, 0.05) is 14.2 Å². The number of carbonyl (C=O) groups excluding carboxylic acids is 1. The van der Waals surface area contributed by atoms with Crippen molar-refractivity contribution in [1.29, 1.82) is 0 Å². The maximum Gasteiger partial charge on any atom is 0.459 e. The van der Waals surface area contributed by atoms with Gasteiger partial charge in [0.25, 0.3) is 0 Å². The third-order valence-electron chi connectivity index (χ3n) is 2.36. The van der Waals surface area contributed by atoms with Gasteiger partial charge in [-0.3, -0.25) is 4.79 Å². The van der Waals surface area contributed by atoms with Crippen molar-refractivity contribution in [3.05, 3.63) is 35.9 Å². The van der Waals surface area contributed by atoms with Crippen LogP contribution in [0.5, 0.6) is 0 Å². The Kier molecular flexibility index (Phi) is 4.66. The third kappa shape index (κ3) is 3.16. The number of hydrogen-bond acceptors (Lipinski definition) is 4. The SMILES string of the molecule is CO[Si](C)(OC)C(=O)OCc1ccccc1. The molecule has 0 aliphatic rings. The average molecular weight is 240 g/mol. The highest BCUT2D eigenvalue weighted by Crippen LogP contribution is 2.10. The van der Waals surface area contributed by atoms with Crippen LogP contribution in [0.1, 0.15) is 5.56 Å². The summed E-state index contributed by atoms with van der Waals surface area (Å²) in [5.74, 6) is 0. The summed E-state index contributed by atoms with van der Waals surface area (Å²) in [6, 6.07) is 9.49. The zero-order valence-electron chi connectivity index (χ0n) is 9.73. The van der Waals surface area contributed by atoms with E-state index in [0.29, 0.717) is 0 Å². The Balaban J connectivity index is 2.53. The molecule has 88 valence electrons. The average Bonchev–Trinajstić information content (AvgIpc) is 2.36. The molecule has 0 aliphatic heterocycles. The quantitative estimate of drug-likeness (QED) is 0.741. The zero-order chi connectivity index (χ0) is 12.0. The van der Waals surface area contributed by atoms with E-state index in [1.165, 1.54) is 14.2 Å². The zero-order valence-corrected chi connectivity index (χ0v) is 10.7. The van der Waals surface area contributed by atoms with E-state index in [-0.39, 0.29) is 6.61 Å². The highest BCUT2D eigenvalue weighted by molar-refractivity contribution is 6.94. The van der Waals surface area contributed by atoms with E-state index < -0.39 is 14.2 Å². The van der Waals surface area contributed by atoms with Gasteiger partial charge in [-0.25, -0.2) is 0 Å². The van der Waals surface area contributed by atoms with Gasteiger partial charge in [-0.1, -0.05) is 30.3 Å². The van der Waals surface area contributed by atoms with E-state index in [9.17, 15) is 4.79 Å². The van der Waals surface area contributed by atoms with Gasteiger partial charge in [-0.15, -0.1) is 0 Å². The number of carbonyl (C=O) groups is 1. The van der Waals surface area contributed by atoms with Gasteiger partial charge in [0.2, 0.25) is 0 Å². The van der Waals surface area contributed by atoms with Crippen molar-refractivity contribution in [3.8, 4) is 0 Å². The first kappa shape index (κ1) is 12.9. The monoisotopic (exact) mass is 240 g/mol. The van der Waals surface area contributed by atoms with Gasteiger partial charge in [0.05, 0.1) is 0 Å². The molecule has 0 saturated carbocycles. The van der Waals surface area contributed by atoms with Crippen LogP contribution in [0.2, 0.25) is 6.55 Å². The first-order chi connectivity index (χ1) is 7.62. The topological polar surface area (TPSA) is 44.8 Å². The number of rotatable bonds is 5. The third-order valence-corrected chi connectivity index (χ3v) is 4.81. The molecule has 1 aromatic carbocycles. The van der Waals surface area contributed by atoms with Crippen molar-refractivity contribution in [2.45, 2.75) is 13.2 Å². The lowest BCUT2D eigenvalue weighted by atomic mass is 10.2. The molecule has 0 amide bonds. The first-order valence-electron chi connectivity index (χ1n) is 4.94. The standard InChI is InChI=1S/C11H16O4Si/c1-13-16(3,14-2)11(12)15-9-10-7-5-4-6-8-10/h4-8H,9H2,1-3H3. The highest BCUT2D eigenvalue weighted by Gasteiger charge is 2.41. The molecule has 0 heterocycles. The van der Waals surface area contributed by atoms with Crippen LogP contribution in [0.4, 0.5) is 4.79 Å². The molecule has 0 saturated heterocycles. The summed E-state index contributed by atoms with van der Waals surface area (Å²) in [7, 11) is 0.1000. The predicted molar refractivity (Wildman–Crippen MR) is 62.3 cm³/mol. The summed E-state index contributed by atoms with van der Waals surface area (Å²) in [5.41, 5.74) is 0.542. The fourth-order valence-corrected chi connectivity index (χ4v) is 1.94. The number of ether oxygens (including phenoxy) is 1. The molecule has 5 heteroatoms. The number of benzene rings is 1. The maximum absolute atomic E-state index is 11.7. The van der Waals surface area contributed by atoms with E-state index in [4.69, 9.17) is 13.6 Å². The second kappa shape index (κ2) is 5.79. The van der Waals surface area contributed by atoms with Crippen LogP contribution < -0.4 is 0 Å². The normalized spacial score (nSPS) is 11.2. The molecule has 0 aromatic heterocycles. The van der Waals surface area contributed by atoms with Crippen LogP contribution in [-0.4, -0.2) is 28.4 Å². The van der Waals surface area contributed by atoms with Crippen molar-refractivity contribution < 1.29 is 18.4 Å². The molecule has 0 unspecified atom stereocenters. The second-order valence-electron chi connectivity index (χ2n) is 3.42. The van der Waals surface area contributed by atoms with Crippen LogP contribution >= 0.6 is 0 Å². The Morgan fingerprint density at radius 1 is 1.19 bits per heavy atom. The fraction of sp³-hybridized carbons (Fsp3) is 0.364. The molecule has 0 fully saturated rings. The van der Waals surface area contributed by atoms with E-state index in [1.807, 2.05) is 30.3 Å². The fourth-order valence-electron chi connectivity index (χ4n) is 1.10. The molecule has 4 nitrogen and oxygen atoms in total. The van der Waals surface area contributed by atoms with Gasteiger partial charge >= 0.3 is 14.2 Å². The van der Waals surface area contributed by atoms with Crippen molar-refractivity contribution in [2.24, 2.45) is 0 Å². The Labute approximate surface area is 96.4 Å². The summed E-state index contributed by atoms with van der Waals surface area (Å²) in [4.78, 5) is 11.7. The minimum absolute atomic E-state index is 0.245. The maximum atomic E-state index is 11.7. The largest absolute Gasteiger partial charge is 0.461 e. The molecule has 1 aromatic rings. The lowest BCUT2D eigenvalue weighted by Crippen LogP contribution is -2.46. The molecule has 0 N–H and O–H groups in total. The smallest absolute Gasteiger partial charge is 0.459 e. The lowest BCUT2D eigenvalue weighted by molar-refractivity contribution is 0.141. The van der Waals surface area contributed by atoms with Crippen molar-refractivity contribution in [1.82, 2.24) is 0 Å². The highest BCUT2D eigenvalue weighted by atomic mass is 28.4. The Hall–Kier alpha value is -1.17. The minimum Gasteiger partial charge on any atom is -0.461 e. The summed E-state index contributed by atoms with van der Waals surface area (Å²) >= 11 is 0. The van der Waals surface area contributed by atoms with Gasteiger partial charge in [-0.2, -0.15) is 0 Å². The van der Waals surface area contributed by atoms with Gasteiger partial charge in [0.1, 0.15) is 6.61 Å². The molecule has 0 aliphatic carbocycles. The summed E-state index contributed by atoms with van der Waals surface area (Å²) in [6.07, 6.45) is 0. The molecular weight excluding hydrogens is 224 g/mol.